The van der Waals surface area contributed by atoms with Crippen molar-refractivity contribution in [2.24, 2.45) is 5.92 Å². The summed E-state index contributed by atoms with van der Waals surface area (Å²) < 4.78 is 0. The van der Waals surface area contributed by atoms with Crippen molar-refractivity contribution < 1.29 is 0 Å². The molecule has 3 nitrogen and oxygen atoms in total. The SMILES string of the molecule is CCC1CCCC(Nc2nc(C)ccc2C#N)C1. The molecule has 0 aliphatic heterocycles. The number of nitrogens with one attached hydrogen (secondary N) is 1. The molecule has 18 heavy (non-hydrogen) atoms. The smallest absolute Gasteiger partial charge is 0.144 e. The predicted octanol–water partition coefficient (Wildman–Crippen LogP) is 3.64. The number of hydrogen-bond acceptors (Lipinski definition) is 3. The lowest BCUT2D eigenvalue weighted by Crippen LogP contribution is -2.27. The van der Waals surface area contributed by atoms with Gasteiger partial charge in [-0.3, -0.25) is 0 Å². The van der Waals surface area contributed by atoms with Crippen molar-refractivity contribution in [1.82, 2.24) is 4.98 Å². The van der Waals surface area contributed by atoms with Crippen LogP contribution >= 0.6 is 0 Å². The highest BCUT2D eigenvalue weighted by Crippen LogP contribution is 2.28. The van der Waals surface area contributed by atoms with Gasteiger partial charge >= 0.3 is 0 Å². The summed E-state index contributed by atoms with van der Waals surface area (Å²) in [7, 11) is 0. The summed E-state index contributed by atoms with van der Waals surface area (Å²) in [6, 6.07) is 6.43. The number of pyridine rings is 1. The number of nitrogens with zero attached hydrogens (tertiary/aromatic N) is 2. The van der Waals surface area contributed by atoms with Crippen LogP contribution in [0.4, 0.5) is 5.82 Å². The molecular weight excluding hydrogens is 222 g/mol. The van der Waals surface area contributed by atoms with E-state index < -0.39 is 0 Å². The molecule has 0 radical (unpaired) electrons. The number of anilines is 1. The quantitative estimate of drug-likeness (QED) is 0.881. The Balaban J connectivity index is 2.09. The Labute approximate surface area is 109 Å². The zero-order valence-corrected chi connectivity index (χ0v) is 11.2. The summed E-state index contributed by atoms with van der Waals surface area (Å²) >= 11 is 0. The highest BCUT2D eigenvalue weighted by Gasteiger charge is 2.21. The zero-order valence-electron chi connectivity index (χ0n) is 11.2. The van der Waals surface area contributed by atoms with E-state index >= 15 is 0 Å². The number of aromatic nitrogens is 1. The van der Waals surface area contributed by atoms with Gasteiger partial charge < -0.3 is 5.32 Å². The topological polar surface area (TPSA) is 48.7 Å². The summed E-state index contributed by atoms with van der Waals surface area (Å²) in [6.45, 7) is 4.22. The average Bonchev–Trinajstić information content (AvgIpc) is 2.39. The van der Waals surface area contributed by atoms with Crippen molar-refractivity contribution in [3.63, 3.8) is 0 Å². The minimum Gasteiger partial charge on any atom is -0.366 e. The maximum atomic E-state index is 9.11. The van der Waals surface area contributed by atoms with Crippen molar-refractivity contribution >= 4 is 5.82 Å². The van der Waals surface area contributed by atoms with Gasteiger partial charge in [-0.25, -0.2) is 4.98 Å². The Hall–Kier alpha value is -1.56. The number of aryl methyl sites for hydroxylation is 1. The molecule has 2 atom stereocenters. The first-order valence-corrected chi connectivity index (χ1v) is 6.87. The lowest BCUT2D eigenvalue weighted by Gasteiger charge is -2.29. The first kappa shape index (κ1) is 12.9. The van der Waals surface area contributed by atoms with Gasteiger partial charge in [0.25, 0.3) is 0 Å². The van der Waals surface area contributed by atoms with Gasteiger partial charge in [0.1, 0.15) is 11.9 Å². The summed E-state index contributed by atoms with van der Waals surface area (Å²) in [4.78, 5) is 4.46. The van der Waals surface area contributed by atoms with Crippen molar-refractivity contribution in [1.29, 1.82) is 5.26 Å². The van der Waals surface area contributed by atoms with Crippen LogP contribution in [0.3, 0.4) is 0 Å². The lowest BCUT2D eigenvalue weighted by molar-refractivity contribution is 0.327. The van der Waals surface area contributed by atoms with Gasteiger partial charge in [-0.2, -0.15) is 5.26 Å². The van der Waals surface area contributed by atoms with Crippen LogP contribution in [-0.2, 0) is 0 Å². The average molecular weight is 243 g/mol. The maximum Gasteiger partial charge on any atom is 0.144 e. The molecule has 0 aromatic carbocycles. The molecule has 0 saturated heterocycles. The van der Waals surface area contributed by atoms with Crippen LogP contribution in [0.2, 0.25) is 0 Å². The van der Waals surface area contributed by atoms with Crippen LogP contribution < -0.4 is 5.32 Å². The summed E-state index contributed by atoms with van der Waals surface area (Å²) in [5.41, 5.74) is 1.61. The molecule has 1 heterocycles. The number of rotatable bonds is 3. The first-order chi connectivity index (χ1) is 8.72. The normalized spacial score (nSPS) is 23.4. The lowest BCUT2D eigenvalue weighted by atomic mass is 9.84. The molecule has 3 heteroatoms. The molecule has 1 N–H and O–H groups in total. The fourth-order valence-electron chi connectivity index (χ4n) is 2.74. The second kappa shape index (κ2) is 5.86. The minimum atomic E-state index is 0.477. The monoisotopic (exact) mass is 243 g/mol. The molecular formula is C15H21N3. The predicted molar refractivity (Wildman–Crippen MR) is 73.3 cm³/mol. The van der Waals surface area contributed by atoms with Crippen LogP contribution in [-0.4, -0.2) is 11.0 Å². The molecule has 0 spiro atoms. The Bertz CT molecular complexity index is 448. The molecule has 96 valence electrons. The van der Waals surface area contributed by atoms with Crippen molar-refractivity contribution in [2.45, 2.75) is 52.0 Å². The summed E-state index contributed by atoms with van der Waals surface area (Å²) in [6.07, 6.45) is 6.28. The van der Waals surface area contributed by atoms with Gasteiger partial charge in [-0.1, -0.05) is 26.2 Å². The second-order valence-corrected chi connectivity index (χ2v) is 5.24. The Morgan fingerprint density at radius 1 is 1.44 bits per heavy atom. The molecule has 1 saturated carbocycles. The molecule has 1 aromatic heterocycles. The van der Waals surface area contributed by atoms with Gasteiger partial charge in [-0.05, 0) is 37.8 Å². The Morgan fingerprint density at radius 2 is 2.28 bits per heavy atom. The molecule has 0 bridgehead atoms. The highest BCUT2D eigenvalue weighted by atomic mass is 15.0. The van der Waals surface area contributed by atoms with Crippen molar-refractivity contribution in [3.05, 3.63) is 23.4 Å². The van der Waals surface area contributed by atoms with Gasteiger partial charge in [0.05, 0.1) is 5.56 Å². The second-order valence-electron chi connectivity index (χ2n) is 5.24. The van der Waals surface area contributed by atoms with E-state index in [1.54, 1.807) is 0 Å². The first-order valence-electron chi connectivity index (χ1n) is 6.87. The zero-order chi connectivity index (χ0) is 13.0. The molecule has 1 fully saturated rings. The molecule has 0 amide bonds. The molecule has 2 unspecified atom stereocenters. The maximum absolute atomic E-state index is 9.11. The minimum absolute atomic E-state index is 0.477. The van der Waals surface area contributed by atoms with E-state index in [2.05, 4.69) is 23.3 Å². The van der Waals surface area contributed by atoms with Crippen LogP contribution in [0.25, 0.3) is 0 Å². The third kappa shape index (κ3) is 3.01. The van der Waals surface area contributed by atoms with Gasteiger partial charge in [0.15, 0.2) is 0 Å². The molecule has 2 rings (SSSR count). The van der Waals surface area contributed by atoms with Crippen molar-refractivity contribution in [3.8, 4) is 6.07 Å². The van der Waals surface area contributed by atoms with Gasteiger partial charge in [0, 0.05) is 11.7 Å². The van der Waals surface area contributed by atoms with E-state index in [-0.39, 0.29) is 0 Å². The van der Waals surface area contributed by atoms with Crippen LogP contribution in [0.5, 0.6) is 0 Å². The van der Waals surface area contributed by atoms with E-state index in [1.165, 1.54) is 32.1 Å². The Morgan fingerprint density at radius 3 is 3.00 bits per heavy atom. The fourth-order valence-corrected chi connectivity index (χ4v) is 2.74. The third-order valence-corrected chi connectivity index (χ3v) is 3.86. The van der Waals surface area contributed by atoms with E-state index in [4.69, 9.17) is 5.26 Å². The largest absolute Gasteiger partial charge is 0.366 e. The van der Waals surface area contributed by atoms with E-state index in [0.29, 0.717) is 11.6 Å². The van der Waals surface area contributed by atoms with Crippen LogP contribution in [0.1, 0.15) is 50.3 Å². The van der Waals surface area contributed by atoms with Gasteiger partial charge in [-0.15, -0.1) is 0 Å². The van der Waals surface area contributed by atoms with E-state index in [9.17, 15) is 0 Å². The van der Waals surface area contributed by atoms with Gasteiger partial charge in [0.2, 0.25) is 0 Å². The Kier molecular flexibility index (Phi) is 4.19. The van der Waals surface area contributed by atoms with E-state index in [1.807, 2.05) is 19.1 Å². The number of nitriles is 1. The third-order valence-electron chi connectivity index (χ3n) is 3.86. The van der Waals surface area contributed by atoms with Crippen LogP contribution in [0, 0.1) is 24.2 Å². The summed E-state index contributed by atoms with van der Waals surface area (Å²) in [5.74, 6) is 1.59. The van der Waals surface area contributed by atoms with Crippen LogP contribution in [0.15, 0.2) is 12.1 Å². The highest BCUT2D eigenvalue weighted by molar-refractivity contribution is 5.52. The molecule has 1 aromatic rings. The molecule has 1 aliphatic carbocycles. The summed E-state index contributed by atoms with van der Waals surface area (Å²) in [5, 5.41) is 12.6. The number of hydrogen-bond donors (Lipinski definition) is 1. The standard InChI is InChI=1S/C15H21N3/c1-3-12-5-4-6-14(9-12)18-15-13(10-16)8-7-11(2)17-15/h7-8,12,14H,3-6,9H2,1-2H3,(H,17,18). The molecule has 1 aliphatic rings. The van der Waals surface area contributed by atoms with Crippen molar-refractivity contribution in [2.75, 3.05) is 5.32 Å². The fraction of sp³-hybridized carbons (Fsp3) is 0.600. The van der Waals surface area contributed by atoms with E-state index in [0.717, 1.165) is 17.4 Å².